The highest BCUT2D eigenvalue weighted by Crippen LogP contribution is 2.19. The van der Waals surface area contributed by atoms with Gasteiger partial charge in [-0.25, -0.2) is 0 Å². The van der Waals surface area contributed by atoms with Crippen LogP contribution >= 0.6 is 0 Å². The van der Waals surface area contributed by atoms with Crippen LogP contribution in [0.3, 0.4) is 0 Å². The van der Waals surface area contributed by atoms with E-state index in [4.69, 9.17) is 0 Å². The van der Waals surface area contributed by atoms with Gasteiger partial charge in [-0.3, -0.25) is 4.68 Å². The number of nitrogens with zero attached hydrogens (tertiary/aromatic N) is 2. The molecule has 0 aliphatic carbocycles. The number of rotatable bonds is 6. The Morgan fingerprint density at radius 2 is 2.21 bits per heavy atom. The van der Waals surface area contributed by atoms with Crippen molar-refractivity contribution in [2.24, 2.45) is 7.05 Å². The molecule has 3 nitrogen and oxygen atoms in total. The standard InChI is InChI=1S/C16H23N3/c1-4-8-17-16(10-14-11-18-19(3)12-14)15-7-5-6-13(2)9-15/h5-7,9,11-12,16-17H,4,8,10H2,1-3H3. The second kappa shape index (κ2) is 6.53. The number of aryl methyl sites for hydroxylation is 2. The van der Waals surface area contributed by atoms with Gasteiger partial charge in [-0.05, 0) is 37.4 Å². The minimum absolute atomic E-state index is 0.365. The van der Waals surface area contributed by atoms with Crippen LogP contribution < -0.4 is 5.32 Å². The van der Waals surface area contributed by atoms with Gasteiger partial charge in [0.15, 0.2) is 0 Å². The lowest BCUT2D eigenvalue weighted by molar-refractivity contribution is 0.529. The lowest BCUT2D eigenvalue weighted by Gasteiger charge is -2.19. The van der Waals surface area contributed by atoms with Crippen LogP contribution in [0, 0.1) is 6.92 Å². The van der Waals surface area contributed by atoms with Crippen LogP contribution in [0.4, 0.5) is 0 Å². The minimum Gasteiger partial charge on any atom is -0.310 e. The van der Waals surface area contributed by atoms with Crippen molar-refractivity contribution in [3.8, 4) is 0 Å². The first-order valence-electron chi connectivity index (χ1n) is 6.96. The topological polar surface area (TPSA) is 29.9 Å². The highest BCUT2D eigenvalue weighted by atomic mass is 15.2. The molecule has 0 aliphatic rings. The number of aromatic nitrogens is 2. The fourth-order valence-electron chi connectivity index (χ4n) is 2.33. The third-order valence-corrected chi connectivity index (χ3v) is 3.28. The number of nitrogens with one attached hydrogen (secondary N) is 1. The van der Waals surface area contributed by atoms with E-state index in [-0.39, 0.29) is 0 Å². The summed E-state index contributed by atoms with van der Waals surface area (Å²) in [7, 11) is 1.96. The fraction of sp³-hybridized carbons (Fsp3) is 0.438. The second-order valence-corrected chi connectivity index (χ2v) is 5.15. The Hall–Kier alpha value is -1.61. The van der Waals surface area contributed by atoms with Gasteiger partial charge in [0, 0.05) is 19.3 Å². The predicted octanol–water partition coefficient (Wildman–Crippen LogP) is 3.01. The Balaban J connectivity index is 2.15. The van der Waals surface area contributed by atoms with Crippen LogP contribution in [0.1, 0.15) is 36.1 Å². The predicted molar refractivity (Wildman–Crippen MR) is 79.1 cm³/mol. The smallest absolute Gasteiger partial charge is 0.0522 e. The molecular formula is C16H23N3. The van der Waals surface area contributed by atoms with Gasteiger partial charge in [-0.2, -0.15) is 5.10 Å². The van der Waals surface area contributed by atoms with E-state index in [9.17, 15) is 0 Å². The summed E-state index contributed by atoms with van der Waals surface area (Å²) in [6.07, 6.45) is 6.18. The quantitative estimate of drug-likeness (QED) is 0.862. The van der Waals surface area contributed by atoms with Crippen molar-refractivity contribution < 1.29 is 0 Å². The van der Waals surface area contributed by atoms with Crippen molar-refractivity contribution in [2.75, 3.05) is 6.54 Å². The van der Waals surface area contributed by atoms with Crippen molar-refractivity contribution in [1.29, 1.82) is 0 Å². The summed E-state index contributed by atoms with van der Waals surface area (Å²) in [5.41, 5.74) is 3.95. The van der Waals surface area contributed by atoms with E-state index < -0.39 is 0 Å². The summed E-state index contributed by atoms with van der Waals surface area (Å²) in [5.74, 6) is 0. The zero-order valence-electron chi connectivity index (χ0n) is 12.1. The lowest BCUT2D eigenvalue weighted by atomic mass is 9.99. The summed E-state index contributed by atoms with van der Waals surface area (Å²) in [6.45, 7) is 5.38. The zero-order chi connectivity index (χ0) is 13.7. The van der Waals surface area contributed by atoms with E-state index in [2.05, 4.69) is 54.7 Å². The molecule has 102 valence electrons. The largest absolute Gasteiger partial charge is 0.310 e. The Morgan fingerprint density at radius 3 is 2.84 bits per heavy atom. The molecule has 0 aliphatic heterocycles. The molecule has 0 saturated carbocycles. The Kier molecular flexibility index (Phi) is 4.74. The highest BCUT2D eigenvalue weighted by molar-refractivity contribution is 5.26. The van der Waals surface area contributed by atoms with Crippen molar-refractivity contribution in [3.05, 3.63) is 53.3 Å². The molecule has 0 spiro atoms. The van der Waals surface area contributed by atoms with Crippen LogP contribution in [0.15, 0.2) is 36.7 Å². The van der Waals surface area contributed by atoms with Crippen LogP contribution in [-0.2, 0) is 13.5 Å². The highest BCUT2D eigenvalue weighted by Gasteiger charge is 2.12. The summed E-state index contributed by atoms with van der Waals surface area (Å²) >= 11 is 0. The Morgan fingerprint density at radius 1 is 1.37 bits per heavy atom. The summed E-state index contributed by atoms with van der Waals surface area (Å²) in [5, 5.41) is 7.88. The molecule has 1 unspecified atom stereocenters. The van der Waals surface area contributed by atoms with Gasteiger partial charge in [0.25, 0.3) is 0 Å². The van der Waals surface area contributed by atoms with Crippen LogP contribution in [0.2, 0.25) is 0 Å². The Labute approximate surface area is 115 Å². The summed E-state index contributed by atoms with van der Waals surface area (Å²) < 4.78 is 1.86. The normalized spacial score (nSPS) is 12.6. The van der Waals surface area contributed by atoms with Crippen molar-refractivity contribution in [3.63, 3.8) is 0 Å². The van der Waals surface area contributed by atoms with Gasteiger partial charge >= 0.3 is 0 Å². The maximum absolute atomic E-state index is 4.25. The molecular weight excluding hydrogens is 234 g/mol. The minimum atomic E-state index is 0.365. The van der Waals surface area contributed by atoms with Gasteiger partial charge in [0.1, 0.15) is 0 Å². The number of hydrogen-bond acceptors (Lipinski definition) is 2. The van der Waals surface area contributed by atoms with E-state index in [1.54, 1.807) is 0 Å². The number of benzene rings is 1. The van der Waals surface area contributed by atoms with E-state index in [0.29, 0.717) is 6.04 Å². The van der Waals surface area contributed by atoms with Crippen molar-refractivity contribution >= 4 is 0 Å². The Bertz CT molecular complexity index is 516. The summed E-state index contributed by atoms with van der Waals surface area (Å²) in [4.78, 5) is 0. The molecule has 0 amide bonds. The molecule has 1 atom stereocenters. The second-order valence-electron chi connectivity index (χ2n) is 5.15. The first kappa shape index (κ1) is 13.8. The van der Waals surface area contributed by atoms with Gasteiger partial charge in [0.05, 0.1) is 6.20 Å². The maximum Gasteiger partial charge on any atom is 0.0522 e. The molecule has 0 radical (unpaired) electrons. The first-order chi connectivity index (χ1) is 9.19. The molecule has 1 N–H and O–H groups in total. The van der Waals surface area contributed by atoms with Gasteiger partial charge in [0.2, 0.25) is 0 Å². The molecule has 0 fully saturated rings. The molecule has 1 heterocycles. The van der Waals surface area contributed by atoms with Crippen LogP contribution in [-0.4, -0.2) is 16.3 Å². The van der Waals surface area contributed by atoms with Gasteiger partial charge in [-0.15, -0.1) is 0 Å². The fourth-order valence-corrected chi connectivity index (χ4v) is 2.33. The lowest BCUT2D eigenvalue weighted by Crippen LogP contribution is -2.24. The number of hydrogen-bond donors (Lipinski definition) is 1. The SMILES string of the molecule is CCCNC(Cc1cnn(C)c1)c1cccc(C)c1. The molecule has 1 aromatic heterocycles. The van der Waals surface area contributed by atoms with Crippen molar-refractivity contribution in [1.82, 2.24) is 15.1 Å². The summed E-state index contributed by atoms with van der Waals surface area (Å²) in [6, 6.07) is 9.11. The van der Waals surface area contributed by atoms with Gasteiger partial charge < -0.3 is 5.32 Å². The molecule has 3 heteroatoms. The maximum atomic E-state index is 4.25. The average Bonchev–Trinajstić information content (AvgIpc) is 2.80. The van der Waals surface area contributed by atoms with Crippen LogP contribution in [0.25, 0.3) is 0 Å². The van der Waals surface area contributed by atoms with E-state index in [1.807, 2.05) is 17.9 Å². The van der Waals surface area contributed by atoms with E-state index >= 15 is 0 Å². The molecule has 0 saturated heterocycles. The third-order valence-electron chi connectivity index (χ3n) is 3.28. The zero-order valence-corrected chi connectivity index (χ0v) is 12.1. The molecule has 19 heavy (non-hydrogen) atoms. The molecule has 2 aromatic rings. The first-order valence-corrected chi connectivity index (χ1v) is 6.96. The van der Waals surface area contributed by atoms with Crippen molar-refractivity contribution in [2.45, 2.75) is 32.7 Å². The van der Waals surface area contributed by atoms with Crippen LogP contribution in [0.5, 0.6) is 0 Å². The third kappa shape index (κ3) is 3.93. The molecule has 2 rings (SSSR count). The van der Waals surface area contributed by atoms with Gasteiger partial charge in [-0.1, -0.05) is 36.8 Å². The monoisotopic (exact) mass is 257 g/mol. The average molecular weight is 257 g/mol. The molecule has 0 bridgehead atoms. The van der Waals surface area contributed by atoms with E-state index in [0.717, 1.165) is 19.4 Å². The molecule has 1 aromatic carbocycles. The van der Waals surface area contributed by atoms with E-state index in [1.165, 1.54) is 16.7 Å².